The predicted octanol–water partition coefficient (Wildman–Crippen LogP) is 3.06. The first-order valence-electron chi connectivity index (χ1n) is 10.1. The molecule has 0 radical (unpaired) electrons. The number of amides is 2. The largest absolute Gasteiger partial charge is 0.345 e. The lowest BCUT2D eigenvalue weighted by Crippen LogP contribution is -2.41. The zero-order valence-corrected chi connectivity index (χ0v) is 17.1. The average molecular weight is 410 g/mol. The molecule has 156 valence electrons. The summed E-state index contributed by atoms with van der Waals surface area (Å²) in [7, 11) is -3.79. The van der Waals surface area contributed by atoms with E-state index in [4.69, 9.17) is 5.14 Å². The molecule has 1 aliphatic carbocycles. The fourth-order valence-electron chi connectivity index (χ4n) is 3.47. The van der Waals surface area contributed by atoms with Gasteiger partial charge in [0.25, 0.3) is 0 Å². The molecule has 1 saturated carbocycles. The van der Waals surface area contributed by atoms with Crippen LogP contribution < -0.4 is 15.8 Å². The molecule has 2 amide bonds. The minimum atomic E-state index is -3.79. The molecule has 7 nitrogen and oxygen atoms in total. The number of carbonyl (C=O) groups is 2. The summed E-state index contributed by atoms with van der Waals surface area (Å²) in [6, 6.07) is 5.40. The molecule has 1 aliphatic rings. The van der Waals surface area contributed by atoms with Crippen LogP contribution in [0.2, 0.25) is 0 Å². The lowest BCUT2D eigenvalue weighted by molar-refractivity contribution is -0.136. The number of carbonyl (C=O) groups excluding carboxylic acids is 2. The van der Waals surface area contributed by atoms with Gasteiger partial charge in [0.2, 0.25) is 10.0 Å². The summed E-state index contributed by atoms with van der Waals surface area (Å²) < 4.78 is 22.5. The van der Waals surface area contributed by atoms with Crippen molar-refractivity contribution in [3.05, 3.63) is 24.3 Å². The van der Waals surface area contributed by atoms with Crippen molar-refractivity contribution in [2.45, 2.75) is 81.6 Å². The summed E-state index contributed by atoms with van der Waals surface area (Å²) >= 11 is 0. The van der Waals surface area contributed by atoms with Gasteiger partial charge in [0.15, 0.2) is 0 Å². The number of hydrogen-bond acceptors (Lipinski definition) is 4. The molecule has 0 spiro atoms. The highest BCUT2D eigenvalue weighted by Crippen LogP contribution is 2.17. The van der Waals surface area contributed by atoms with Crippen molar-refractivity contribution in [1.82, 2.24) is 5.32 Å². The Morgan fingerprint density at radius 3 is 1.71 bits per heavy atom. The van der Waals surface area contributed by atoms with Gasteiger partial charge in [-0.15, -0.1) is 0 Å². The maximum Gasteiger partial charge on any atom is 0.313 e. The number of sulfonamides is 1. The summed E-state index contributed by atoms with van der Waals surface area (Å²) in [6.45, 7) is 0. The second kappa shape index (κ2) is 11.2. The van der Waals surface area contributed by atoms with E-state index in [9.17, 15) is 18.0 Å². The summed E-state index contributed by atoms with van der Waals surface area (Å²) in [5.74, 6) is -1.41. The Kier molecular flexibility index (Phi) is 8.92. The molecular formula is C20H31N3O4S. The lowest BCUT2D eigenvalue weighted by atomic mass is 9.98. The van der Waals surface area contributed by atoms with Gasteiger partial charge in [-0.2, -0.15) is 0 Å². The fourth-order valence-corrected chi connectivity index (χ4v) is 3.99. The normalized spacial score (nSPS) is 17.8. The van der Waals surface area contributed by atoms with Crippen LogP contribution in [0.1, 0.15) is 70.6 Å². The Balaban J connectivity index is 1.87. The molecule has 0 aromatic heterocycles. The minimum Gasteiger partial charge on any atom is -0.345 e. The molecule has 0 bridgehead atoms. The Labute approximate surface area is 167 Å². The third-order valence-electron chi connectivity index (χ3n) is 5.09. The van der Waals surface area contributed by atoms with Crippen LogP contribution in [0.25, 0.3) is 0 Å². The Bertz CT molecular complexity index is 735. The van der Waals surface area contributed by atoms with Crippen LogP contribution in [0.5, 0.6) is 0 Å². The van der Waals surface area contributed by atoms with Gasteiger partial charge in [-0.1, -0.05) is 57.8 Å². The maximum atomic E-state index is 12.3. The topological polar surface area (TPSA) is 118 Å². The van der Waals surface area contributed by atoms with Crippen LogP contribution in [0, 0.1) is 0 Å². The van der Waals surface area contributed by atoms with E-state index in [-0.39, 0.29) is 10.9 Å². The van der Waals surface area contributed by atoms with E-state index >= 15 is 0 Å². The summed E-state index contributed by atoms with van der Waals surface area (Å²) in [5, 5.41) is 10.4. The van der Waals surface area contributed by atoms with Crippen LogP contribution in [0.4, 0.5) is 5.69 Å². The monoisotopic (exact) mass is 409 g/mol. The van der Waals surface area contributed by atoms with Gasteiger partial charge in [-0.3, -0.25) is 9.59 Å². The SMILES string of the molecule is NS(=O)(=O)c1ccc(NC(=O)C(=O)NC2CCCCCCCCCCC2)cc1. The quantitative estimate of drug-likeness (QED) is 0.665. The van der Waals surface area contributed by atoms with E-state index in [1.807, 2.05) is 0 Å². The molecule has 0 saturated heterocycles. The van der Waals surface area contributed by atoms with Crippen molar-refractivity contribution in [3.8, 4) is 0 Å². The molecule has 1 fully saturated rings. The van der Waals surface area contributed by atoms with Gasteiger partial charge >= 0.3 is 11.8 Å². The van der Waals surface area contributed by atoms with Crippen molar-refractivity contribution < 1.29 is 18.0 Å². The van der Waals surface area contributed by atoms with Crippen LogP contribution in [-0.4, -0.2) is 26.3 Å². The number of rotatable bonds is 3. The second-order valence-corrected chi connectivity index (χ2v) is 9.01. The number of nitrogens with one attached hydrogen (secondary N) is 2. The number of anilines is 1. The van der Waals surface area contributed by atoms with Crippen molar-refractivity contribution >= 4 is 27.5 Å². The Morgan fingerprint density at radius 2 is 1.25 bits per heavy atom. The zero-order chi connectivity index (χ0) is 20.4. The van der Waals surface area contributed by atoms with Gasteiger partial charge in [-0.05, 0) is 37.1 Å². The molecule has 2 rings (SSSR count). The molecular weight excluding hydrogens is 378 g/mol. The van der Waals surface area contributed by atoms with E-state index in [1.165, 1.54) is 56.4 Å². The predicted molar refractivity (Wildman–Crippen MR) is 109 cm³/mol. The third kappa shape index (κ3) is 7.98. The maximum absolute atomic E-state index is 12.3. The van der Waals surface area contributed by atoms with Crippen molar-refractivity contribution in [2.24, 2.45) is 5.14 Å². The fraction of sp³-hybridized carbons (Fsp3) is 0.600. The van der Waals surface area contributed by atoms with Crippen LogP contribution in [0.3, 0.4) is 0 Å². The van der Waals surface area contributed by atoms with Crippen LogP contribution in [0.15, 0.2) is 29.2 Å². The number of benzene rings is 1. The number of nitrogens with two attached hydrogens (primary N) is 1. The number of hydrogen-bond donors (Lipinski definition) is 3. The van der Waals surface area contributed by atoms with Crippen LogP contribution in [-0.2, 0) is 19.6 Å². The van der Waals surface area contributed by atoms with Crippen molar-refractivity contribution in [2.75, 3.05) is 5.32 Å². The molecule has 8 heteroatoms. The van der Waals surface area contributed by atoms with E-state index in [1.54, 1.807) is 0 Å². The van der Waals surface area contributed by atoms with Gasteiger partial charge < -0.3 is 10.6 Å². The molecule has 4 N–H and O–H groups in total. The first-order chi connectivity index (χ1) is 13.4. The molecule has 28 heavy (non-hydrogen) atoms. The van der Waals surface area contributed by atoms with Crippen LogP contribution >= 0.6 is 0 Å². The van der Waals surface area contributed by atoms with E-state index < -0.39 is 21.8 Å². The standard InChI is InChI=1S/C20H31N3O4S/c21-28(26,27)18-14-12-17(13-15-18)23-20(25)19(24)22-16-10-8-6-4-2-1-3-5-7-9-11-16/h12-16H,1-11H2,(H,22,24)(H,23,25)(H2,21,26,27). The highest BCUT2D eigenvalue weighted by molar-refractivity contribution is 7.89. The second-order valence-electron chi connectivity index (χ2n) is 7.45. The molecule has 0 heterocycles. The van der Waals surface area contributed by atoms with E-state index in [0.29, 0.717) is 5.69 Å². The van der Waals surface area contributed by atoms with E-state index in [0.717, 1.165) is 38.5 Å². The summed E-state index contributed by atoms with van der Waals surface area (Å²) in [5.41, 5.74) is 0.339. The van der Waals surface area contributed by atoms with Gasteiger partial charge in [0, 0.05) is 11.7 Å². The smallest absolute Gasteiger partial charge is 0.313 e. The van der Waals surface area contributed by atoms with Crippen molar-refractivity contribution in [1.29, 1.82) is 0 Å². The third-order valence-corrected chi connectivity index (χ3v) is 6.02. The molecule has 0 unspecified atom stereocenters. The molecule has 0 atom stereocenters. The minimum absolute atomic E-state index is 0.0161. The Morgan fingerprint density at radius 1 is 0.786 bits per heavy atom. The summed E-state index contributed by atoms with van der Waals surface area (Å²) in [6.07, 6.45) is 12.6. The van der Waals surface area contributed by atoms with Gasteiger partial charge in [0.05, 0.1) is 4.90 Å². The zero-order valence-electron chi connectivity index (χ0n) is 16.3. The molecule has 1 aromatic carbocycles. The highest BCUT2D eigenvalue weighted by Gasteiger charge is 2.19. The number of primary sulfonamides is 1. The molecule has 0 aliphatic heterocycles. The average Bonchev–Trinajstić information content (AvgIpc) is 2.63. The van der Waals surface area contributed by atoms with Crippen molar-refractivity contribution in [3.63, 3.8) is 0 Å². The highest BCUT2D eigenvalue weighted by atomic mass is 32.2. The first-order valence-corrected chi connectivity index (χ1v) is 11.7. The van der Waals surface area contributed by atoms with Gasteiger partial charge in [0.1, 0.15) is 0 Å². The first kappa shape index (κ1) is 22.4. The van der Waals surface area contributed by atoms with Gasteiger partial charge in [-0.25, -0.2) is 13.6 Å². The van der Waals surface area contributed by atoms with E-state index in [2.05, 4.69) is 10.6 Å². The Hall–Kier alpha value is -1.93. The summed E-state index contributed by atoms with van der Waals surface area (Å²) in [4.78, 5) is 24.4. The lowest BCUT2D eigenvalue weighted by Gasteiger charge is -2.19. The molecule has 1 aromatic rings.